The zero-order valence-corrected chi connectivity index (χ0v) is 15.7. The van der Waals surface area contributed by atoms with Crippen molar-refractivity contribution in [3.05, 3.63) is 75.5 Å². The molecular weight excluding hydrogens is 431 g/mol. The molecule has 0 aliphatic heterocycles. The standard InChI is InChI=1S/C15H4Cl5N3O2/c1-22-15-8(12(18)13(19)9(5-21)14(15)20)4-7-10(16)2-6(23(24)25)3-11(7)17/h2-3H,4H2. The van der Waals surface area contributed by atoms with E-state index in [-0.39, 0.29) is 54.0 Å². The number of benzene rings is 2. The van der Waals surface area contributed by atoms with E-state index in [1.165, 1.54) is 0 Å². The first kappa shape index (κ1) is 19.6. The first-order valence-corrected chi connectivity index (χ1v) is 8.21. The number of hydrogen-bond acceptors (Lipinski definition) is 3. The summed E-state index contributed by atoms with van der Waals surface area (Å²) in [5.41, 5.74) is 0.106. The van der Waals surface area contributed by atoms with E-state index in [9.17, 15) is 10.1 Å². The largest absolute Gasteiger partial charge is 0.272 e. The Balaban J connectivity index is 2.69. The number of non-ortho nitro benzene ring substituents is 1. The van der Waals surface area contributed by atoms with Crippen molar-refractivity contribution in [1.29, 1.82) is 5.26 Å². The highest BCUT2D eigenvalue weighted by molar-refractivity contribution is 6.46. The van der Waals surface area contributed by atoms with Gasteiger partial charge < -0.3 is 0 Å². The van der Waals surface area contributed by atoms with Gasteiger partial charge in [0.15, 0.2) is 0 Å². The van der Waals surface area contributed by atoms with Gasteiger partial charge in [0.25, 0.3) is 5.69 Å². The highest BCUT2D eigenvalue weighted by atomic mass is 35.5. The summed E-state index contributed by atoms with van der Waals surface area (Å²) in [5.74, 6) is 0. The monoisotopic (exact) mass is 433 g/mol. The molecule has 126 valence electrons. The van der Waals surface area contributed by atoms with E-state index in [2.05, 4.69) is 4.85 Å². The van der Waals surface area contributed by atoms with Crippen molar-refractivity contribution in [3.63, 3.8) is 0 Å². The van der Waals surface area contributed by atoms with Gasteiger partial charge in [0, 0.05) is 12.1 Å². The molecule has 0 aliphatic rings. The third-order valence-corrected chi connectivity index (χ3v) is 5.24. The summed E-state index contributed by atoms with van der Waals surface area (Å²) in [6.07, 6.45) is -0.0443. The van der Waals surface area contributed by atoms with E-state index in [1.54, 1.807) is 6.07 Å². The van der Waals surface area contributed by atoms with Gasteiger partial charge in [-0.25, -0.2) is 4.85 Å². The summed E-state index contributed by atoms with van der Waals surface area (Å²) in [5, 5.41) is 19.8. The highest BCUT2D eigenvalue weighted by Crippen LogP contribution is 2.45. The molecule has 0 amide bonds. The maximum Gasteiger partial charge on any atom is 0.272 e. The fraction of sp³-hybridized carbons (Fsp3) is 0.0667. The van der Waals surface area contributed by atoms with E-state index < -0.39 is 4.92 Å². The molecule has 0 aromatic heterocycles. The summed E-state index contributed by atoms with van der Waals surface area (Å²) >= 11 is 30.5. The molecule has 0 spiro atoms. The maximum absolute atomic E-state index is 10.9. The molecule has 0 saturated carbocycles. The number of nitriles is 1. The predicted octanol–water partition coefficient (Wildman–Crippen LogP) is 6.88. The van der Waals surface area contributed by atoms with Crippen LogP contribution >= 0.6 is 58.0 Å². The normalized spacial score (nSPS) is 10.2. The lowest BCUT2D eigenvalue weighted by molar-refractivity contribution is -0.384. The molecule has 5 nitrogen and oxygen atoms in total. The van der Waals surface area contributed by atoms with Crippen molar-refractivity contribution in [2.24, 2.45) is 0 Å². The quantitative estimate of drug-likeness (QED) is 0.228. The van der Waals surface area contributed by atoms with Crippen LogP contribution in [0.25, 0.3) is 4.85 Å². The fourth-order valence-corrected chi connectivity index (χ4v) is 3.56. The molecule has 0 heterocycles. The molecule has 0 atom stereocenters. The first-order chi connectivity index (χ1) is 11.7. The van der Waals surface area contributed by atoms with Gasteiger partial charge >= 0.3 is 0 Å². The molecule has 0 fully saturated rings. The number of rotatable bonds is 3. The summed E-state index contributed by atoms with van der Waals surface area (Å²) in [4.78, 5) is 13.5. The Morgan fingerprint density at radius 3 is 2.08 bits per heavy atom. The minimum absolute atomic E-state index is 0.0286. The highest BCUT2D eigenvalue weighted by Gasteiger charge is 2.24. The Hall–Kier alpha value is -1.73. The Morgan fingerprint density at radius 1 is 1.08 bits per heavy atom. The van der Waals surface area contributed by atoms with Gasteiger partial charge in [0.05, 0.1) is 42.2 Å². The van der Waals surface area contributed by atoms with Crippen molar-refractivity contribution in [3.8, 4) is 6.07 Å². The van der Waals surface area contributed by atoms with Gasteiger partial charge in [-0.05, 0) is 17.5 Å². The van der Waals surface area contributed by atoms with Gasteiger partial charge in [-0.3, -0.25) is 10.1 Å². The number of halogens is 5. The number of nitro groups is 1. The second-order valence-corrected chi connectivity index (χ2v) is 6.64. The van der Waals surface area contributed by atoms with Gasteiger partial charge in [-0.15, -0.1) is 0 Å². The maximum atomic E-state index is 10.9. The average Bonchev–Trinajstić information content (AvgIpc) is 2.55. The minimum atomic E-state index is -0.630. The number of nitrogens with zero attached hydrogens (tertiary/aromatic N) is 3. The summed E-state index contributed by atoms with van der Waals surface area (Å²) < 4.78 is 0. The predicted molar refractivity (Wildman–Crippen MR) is 98.4 cm³/mol. The van der Waals surface area contributed by atoms with Crippen molar-refractivity contribution >= 4 is 69.4 Å². The van der Waals surface area contributed by atoms with Gasteiger partial charge in [-0.1, -0.05) is 58.0 Å². The summed E-state index contributed by atoms with van der Waals surface area (Å²) in [6, 6.07) is 4.07. The van der Waals surface area contributed by atoms with Crippen LogP contribution in [-0.4, -0.2) is 4.92 Å². The second-order valence-electron chi connectivity index (χ2n) is 4.69. The molecule has 25 heavy (non-hydrogen) atoms. The van der Waals surface area contributed by atoms with Crippen molar-refractivity contribution in [2.75, 3.05) is 0 Å². The Labute approximate surface area is 167 Å². The van der Waals surface area contributed by atoms with Crippen LogP contribution in [0, 0.1) is 28.0 Å². The molecule has 2 aromatic rings. The molecule has 0 unspecified atom stereocenters. The fourth-order valence-electron chi connectivity index (χ4n) is 2.11. The van der Waals surface area contributed by atoms with E-state index in [0.717, 1.165) is 12.1 Å². The third kappa shape index (κ3) is 3.62. The van der Waals surface area contributed by atoms with Crippen molar-refractivity contribution in [2.45, 2.75) is 6.42 Å². The zero-order valence-electron chi connectivity index (χ0n) is 11.9. The first-order valence-electron chi connectivity index (χ1n) is 6.32. The van der Waals surface area contributed by atoms with Crippen LogP contribution in [0.5, 0.6) is 0 Å². The van der Waals surface area contributed by atoms with E-state index >= 15 is 0 Å². The zero-order chi connectivity index (χ0) is 18.9. The van der Waals surface area contributed by atoms with Gasteiger partial charge in [0.2, 0.25) is 5.69 Å². The second kappa shape index (κ2) is 7.66. The number of nitro benzene ring substituents is 1. The molecule has 0 radical (unpaired) electrons. The van der Waals surface area contributed by atoms with Crippen LogP contribution in [0.3, 0.4) is 0 Å². The van der Waals surface area contributed by atoms with E-state index in [4.69, 9.17) is 69.8 Å². The van der Waals surface area contributed by atoms with Crippen LogP contribution in [0.2, 0.25) is 25.1 Å². The smallest absolute Gasteiger partial charge is 0.258 e. The van der Waals surface area contributed by atoms with Gasteiger partial charge in [-0.2, -0.15) is 5.26 Å². The van der Waals surface area contributed by atoms with E-state index in [1.807, 2.05) is 0 Å². The molecule has 2 aromatic carbocycles. The molecule has 0 aliphatic carbocycles. The summed E-state index contributed by atoms with van der Waals surface area (Å²) in [6.45, 7) is 7.30. The Bertz CT molecular complexity index is 969. The molecule has 0 bridgehead atoms. The van der Waals surface area contributed by atoms with Crippen LogP contribution in [0.4, 0.5) is 11.4 Å². The average molecular weight is 435 g/mol. The van der Waals surface area contributed by atoms with Crippen molar-refractivity contribution < 1.29 is 4.92 Å². The SMILES string of the molecule is [C-]#[N+]c1c(Cl)c(C#N)c(Cl)c(Cl)c1Cc1c(Cl)cc([N+](=O)[O-])cc1Cl. The third-order valence-electron chi connectivity index (χ3n) is 3.30. The van der Waals surface area contributed by atoms with Gasteiger partial charge in [0.1, 0.15) is 6.07 Å². The Morgan fingerprint density at radius 2 is 1.64 bits per heavy atom. The van der Waals surface area contributed by atoms with Crippen LogP contribution in [0.1, 0.15) is 16.7 Å². The minimum Gasteiger partial charge on any atom is -0.258 e. The topological polar surface area (TPSA) is 71.3 Å². The summed E-state index contributed by atoms with van der Waals surface area (Å²) in [7, 11) is 0. The molecule has 0 saturated heterocycles. The van der Waals surface area contributed by atoms with Crippen molar-refractivity contribution in [1.82, 2.24) is 0 Å². The van der Waals surface area contributed by atoms with Crippen LogP contribution < -0.4 is 0 Å². The lowest BCUT2D eigenvalue weighted by Crippen LogP contribution is -1.98. The molecule has 10 heteroatoms. The van der Waals surface area contributed by atoms with E-state index in [0.29, 0.717) is 5.56 Å². The lowest BCUT2D eigenvalue weighted by Gasteiger charge is -2.14. The molecule has 2 rings (SSSR count). The van der Waals surface area contributed by atoms with Crippen LogP contribution in [0.15, 0.2) is 12.1 Å². The molecular formula is C15H4Cl5N3O2. The Kier molecular flexibility index (Phi) is 6.00. The lowest BCUT2D eigenvalue weighted by atomic mass is 10.0. The van der Waals surface area contributed by atoms with Crippen LogP contribution in [-0.2, 0) is 6.42 Å². The molecule has 0 N–H and O–H groups in total. The number of hydrogen-bond donors (Lipinski definition) is 0.